The van der Waals surface area contributed by atoms with E-state index in [4.69, 9.17) is 5.11 Å². The van der Waals surface area contributed by atoms with Gasteiger partial charge in [-0.1, -0.05) is 0 Å². The molecule has 1 rings (SSSR count). The molecule has 1 amide bonds. The van der Waals surface area contributed by atoms with Crippen LogP contribution in [0.1, 0.15) is 19.8 Å². The summed E-state index contributed by atoms with van der Waals surface area (Å²) in [6, 6.07) is -0.134. The molecule has 0 aromatic heterocycles. The number of hydrogen-bond acceptors (Lipinski definition) is 2. The van der Waals surface area contributed by atoms with Crippen LogP contribution < -0.4 is 5.32 Å². The highest BCUT2D eigenvalue weighted by Gasteiger charge is 2.36. The van der Waals surface area contributed by atoms with Crippen LogP contribution in [-0.2, 0) is 9.59 Å². The highest BCUT2D eigenvalue weighted by molar-refractivity contribution is 5.77. The lowest BCUT2D eigenvalue weighted by molar-refractivity contribution is -0.146. The van der Waals surface area contributed by atoms with Gasteiger partial charge in [0, 0.05) is 13.0 Å². The van der Waals surface area contributed by atoms with E-state index in [0.29, 0.717) is 6.42 Å². The number of carboxylic acid groups (broad SMARTS) is 1. The van der Waals surface area contributed by atoms with Gasteiger partial charge in [0.2, 0.25) is 5.91 Å². The molecule has 0 unspecified atom stereocenters. The molecule has 4 nitrogen and oxygen atoms in total. The first-order valence-electron chi connectivity index (χ1n) is 3.61. The predicted octanol–water partition coefficient (Wildman–Crippen LogP) is -0.0143. The second-order valence-corrected chi connectivity index (χ2v) is 2.83. The number of carboxylic acids is 1. The minimum atomic E-state index is -0.810. The van der Waals surface area contributed by atoms with Crippen LogP contribution in [0.2, 0.25) is 0 Å². The molecular weight excluding hydrogens is 146 g/mol. The zero-order valence-electron chi connectivity index (χ0n) is 6.33. The summed E-state index contributed by atoms with van der Waals surface area (Å²) >= 11 is 0. The van der Waals surface area contributed by atoms with E-state index in [-0.39, 0.29) is 17.9 Å². The summed E-state index contributed by atoms with van der Waals surface area (Å²) in [6.07, 6.45) is 1.47. The summed E-state index contributed by atoms with van der Waals surface area (Å²) < 4.78 is 0. The van der Waals surface area contributed by atoms with Crippen LogP contribution in [0.25, 0.3) is 0 Å². The minimum Gasteiger partial charge on any atom is -0.481 e. The Bertz CT molecular complexity index is 190. The third kappa shape index (κ3) is 1.69. The molecule has 1 aliphatic rings. The van der Waals surface area contributed by atoms with Gasteiger partial charge in [0.1, 0.15) is 0 Å². The smallest absolute Gasteiger partial charge is 0.308 e. The minimum absolute atomic E-state index is 0.134. The maximum absolute atomic E-state index is 10.5. The second kappa shape index (κ2) is 2.90. The molecule has 0 radical (unpaired) electrons. The van der Waals surface area contributed by atoms with Crippen molar-refractivity contribution in [3.05, 3.63) is 0 Å². The Balaban J connectivity index is 2.37. The summed E-state index contributed by atoms with van der Waals surface area (Å²) in [5.74, 6) is -1.32. The van der Waals surface area contributed by atoms with E-state index >= 15 is 0 Å². The number of hydrogen-bond donors (Lipinski definition) is 2. The van der Waals surface area contributed by atoms with Crippen molar-refractivity contribution in [2.24, 2.45) is 5.92 Å². The van der Waals surface area contributed by atoms with Crippen LogP contribution >= 0.6 is 0 Å². The molecule has 4 heteroatoms. The average Bonchev–Trinajstić information content (AvgIpc) is 1.78. The summed E-state index contributed by atoms with van der Waals surface area (Å²) in [5.41, 5.74) is 0. The van der Waals surface area contributed by atoms with Crippen LogP contribution in [0.15, 0.2) is 0 Å². The second-order valence-electron chi connectivity index (χ2n) is 2.83. The Morgan fingerprint density at radius 1 is 1.45 bits per heavy atom. The lowest BCUT2D eigenvalue weighted by Gasteiger charge is -2.33. The van der Waals surface area contributed by atoms with Crippen LogP contribution in [0.3, 0.4) is 0 Å². The molecule has 0 heterocycles. The third-order valence-corrected chi connectivity index (χ3v) is 1.98. The van der Waals surface area contributed by atoms with Crippen molar-refractivity contribution in [3.63, 3.8) is 0 Å². The van der Waals surface area contributed by atoms with E-state index < -0.39 is 5.97 Å². The van der Waals surface area contributed by atoms with Crippen LogP contribution in [0.5, 0.6) is 0 Å². The molecule has 1 aliphatic carbocycles. The summed E-state index contributed by atoms with van der Waals surface area (Å²) in [4.78, 5) is 20.9. The van der Waals surface area contributed by atoms with E-state index in [0.717, 1.165) is 6.42 Å². The molecule has 0 aromatic rings. The van der Waals surface area contributed by atoms with Crippen molar-refractivity contribution in [2.75, 3.05) is 0 Å². The first kappa shape index (κ1) is 8.04. The predicted molar refractivity (Wildman–Crippen MR) is 38.0 cm³/mol. The molecule has 11 heavy (non-hydrogen) atoms. The normalized spacial score (nSPS) is 28.8. The highest BCUT2D eigenvalue weighted by atomic mass is 16.4. The molecular formula is C7H11NO3. The van der Waals surface area contributed by atoms with Gasteiger partial charge in [-0.25, -0.2) is 0 Å². The van der Waals surface area contributed by atoms with Gasteiger partial charge in [0.25, 0.3) is 0 Å². The number of rotatable bonds is 2. The topological polar surface area (TPSA) is 66.4 Å². The molecule has 1 fully saturated rings. The van der Waals surface area contributed by atoms with Gasteiger partial charge in [-0.3, -0.25) is 9.59 Å². The summed E-state index contributed by atoms with van der Waals surface area (Å²) in [5, 5.41) is 11.2. The number of amides is 1. The molecule has 2 N–H and O–H groups in total. The fraction of sp³-hybridized carbons (Fsp3) is 0.714. The molecule has 1 saturated carbocycles. The van der Waals surface area contributed by atoms with Crippen molar-refractivity contribution in [1.29, 1.82) is 0 Å². The summed E-state index contributed by atoms with van der Waals surface area (Å²) in [7, 11) is 0. The molecule has 0 bridgehead atoms. The highest BCUT2D eigenvalue weighted by Crippen LogP contribution is 2.27. The van der Waals surface area contributed by atoms with E-state index in [1.807, 2.05) is 0 Å². The van der Waals surface area contributed by atoms with Gasteiger partial charge >= 0.3 is 5.97 Å². The van der Waals surface area contributed by atoms with Gasteiger partial charge in [-0.05, 0) is 12.8 Å². The average molecular weight is 157 g/mol. The quantitative estimate of drug-likeness (QED) is 0.592. The number of carbonyl (C=O) groups excluding carboxylic acids is 1. The van der Waals surface area contributed by atoms with Crippen molar-refractivity contribution < 1.29 is 14.7 Å². The molecule has 62 valence electrons. The van der Waals surface area contributed by atoms with Gasteiger partial charge < -0.3 is 10.4 Å². The van der Waals surface area contributed by atoms with Gasteiger partial charge in [0.15, 0.2) is 0 Å². The molecule has 0 saturated heterocycles. The number of carbonyl (C=O) groups is 2. The Hall–Kier alpha value is -1.06. The van der Waals surface area contributed by atoms with Gasteiger partial charge in [-0.2, -0.15) is 0 Å². The monoisotopic (exact) mass is 157 g/mol. The first-order chi connectivity index (χ1) is 5.11. The van der Waals surface area contributed by atoms with E-state index in [1.54, 1.807) is 0 Å². The first-order valence-corrected chi connectivity index (χ1v) is 3.61. The standard InChI is InChI=1S/C7H11NO3/c1-4(9)8-6-3-2-5(6)7(10)11/h5-6H,2-3H2,1H3,(H,8,9)(H,10,11)/t5-,6+/m0/s1. The molecule has 0 aromatic carbocycles. The molecule has 2 atom stereocenters. The maximum Gasteiger partial charge on any atom is 0.308 e. The van der Waals surface area contributed by atoms with Gasteiger partial charge in [-0.15, -0.1) is 0 Å². The Labute approximate surface area is 64.6 Å². The van der Waals surface area contributed by atoms with Crippen LogP contribution in [0.4, 0.5) is 0 Å². The van der Waals surface area contributed by atoms with Crippen molar-refractivity contribution in [3.8, 4) is 0 Å². The zero-order valence-corrected chi connectivity index (χ0v) is 6.33. The SMILES string of the molecule is CC(=O)N[C@@H]1CC[C@@H]1C(=O)O. The lowest BCUT2D eigenvalue weighted by atomic mass is 9.79. The van der Waals surface area contributed by atoms with E-state index in [2.05, 4.69) is 5.32 Å². The summed E-state index contributed by atoms with van der Waals surface area (Å²) in [6.45, 7) is 1.40. The maximum atomic E-state index is 10.5. The zero-order chi connectivity index (χ0) is 8.43. The van der Waals surface area contributed by atoms with Gasteiger partial charge in [0.05, 0.1) is 5.92 Å². The van der Waals surface area contributed by atoms with Crippen molar-refractivity contribution in [1.82, 2.24) is 5.32 Å². The fourth-order valence-corrected chi connectivity index (χ4v) is 1.23. The van der Waals surface area contributed by atoms with E-state index in [9.17, 15) is 9.59 Å². The van der Waals surface area contributed by atoms with Crippen molar-refractivity contribution in [2.45, 2.75) is 25.8 Å². The molecule has 0 spiro atoms. The lowest BCUT2D eigenvalue weighted by Crippen LogP contribution is -2.49. The van der Waals surface area contributed by atoms with Crippen LogP contribution in [-0.4, -0.2) is 23.0 Å². The largest absolute Gasteiger partial charge is 0.481 e. The Kier molecular flexibility index (Phi) is 2.12. The third-order valence-electron chi connectivity index (χ3n) is 1.98. The Morgan fingerprint density at radius 3 is 2.36 bits per heavy atom. The Morgan fingerprint density at radius 2 is 2.09 bits per heavy atom. The molecule has 0 aliphatic heterocycles. The number of aliphatic carboxylic acids is 1. The van der Waals surface area contributed by atoms with Crippen LogP contribution in [0, 0.1) is 5.92 Å². The fourth-order valence-electron chi connectivity index (χ4n) is 1.23. The van der Waals surface area contributed by atoms with Crippen molar-refractivity contribution >= 4 is 11.9 Å². The number of nitrogens with one attached hydrogen (secondary N) is 1. The van der Waals surface area contributed by atoms with E-state index in [1.165, 1.54) is 6.92 Å².